The molecule has 1 aromatic rings. The zero-order chi connectivity index (χ0) is 12.0. The number of oxime groups is 1. The van der Waals surface area contributed by atoms with Crippen molar-refractivity contribution in [1.29, 1.82) is 0 Å². The van der Waals surface area contributed by atoms with Gasteiger partial charge in [-0.25, -0.2) is 0 Å². The van der Waals surface area contributed by atoms with E-state index in [0.717, 1.165) is 5.56 Å². The van der Waals surface area contributed by atoms with E-state index in [1.807, 2.05) is 6.07 Å². The van der Waals surface area contributed by atoms with Crippen LogP contribution in [-0.4, -0.2) is 29.5 Å². The van der Waals surface area contributed by atoms with Crippen molar-refractivity contribution in [3.05, 3.63) is 45.5 Å². The van der Waals surface area contributed by atoms with Gasteiger partial charge in [-0.2, -0.15) is 0 Å². The number of rotatable bonds is 5. The van der Waals surface area contributed by atoms with Crippen LogP contribution in [0.2, 0.25) is 0 Å². The minimum Gasteiger partial charge on any atom is -0.410 e. The van der Waals surface area contributed by atoms with E-state index >= 15 is 0 Å². The summed E-state index contributed by atoms with van der Waals surface area (Å²) < 4.78 is 4.94. The van der Waals surface area contributed by atoms with E-state index in [1.165, 1.54) is 0 Å². The van der Waals surface area contributed by atoms with Gasteiger partial charge < -0.3 is 9.94 Å². The van der Waals surface area contributed by atoms with E-state index in [1.54, 1.807) is 25.3 Å². The summed E-state index contributed by atoms with van der Waals surface area (Å²) >= 11 is 0. The molecule has 0 radical (unpaired) electrons. The Bertz CT molecular complexity index is 404. The van der Waals surface area contributed by atoms with Gasteiger partial charge in [0, 0.05) is 17.6 Å². The maximum absolute atomic E-state index is 10.3. The Morgan fingerprint density at radius 1 is 1.62 bits per heavy atom. The minimum atomic E-state index is -0.544. The fraction of sp³-hybridized carbons (Fsp3) is 0.300. The molecule has 0 saturated heterocycles. The Labute approximate surface area is 92.3 Å². The van der Waals surface area contributed by atoms with Crippen LogP contribution in [0.5, 0.6) is 0 Å². The maximum Gasteiger partial charge on any atom is 0.249 e. The van der Waals surface area contributed by atoms with E-state index in [-0.39, 0.29) is 5.71 Å². The molecule has 0 spiro atoms. The normalized spacial score (nSPS) is 11.4. The second kappa shape index (κ2) is 5.82. The fourth-order valence-corrected chi connectivity index (χ4v) is 1.31. The van der Waals surface area contributed by atoms with Crippen molar-refractivity contribution < 1.29 is 14.9 Å². The first kappa shape index (κ1) is 12.1. The molecule has 0 bridgehead atoms. The second-order valence-electron chi connectivity index (χ2n) is 3.17. The smallest absolute Gasteiger partial charge is 0.249 e. The number of nitro groups is 1. The maximum atomic E-state index is 10.3. The Balaban J connectivity index is 2.93. The first-order valence-corrected chi connectivity index (χ1v) is 4.58. The third-order valence-corrected chi connectivity index (χ3v) is 1.97. The van der Waals surface area contributed by atoms with Crippen LogP contribution >= 0.6 is 0 Å². The highest BCUT2D eigenvalue weighted by Crippen LogP contribution is 2.08. The number of hydrogen-bond donors (Lipinski definition) is 1. The van der Waals surface area contributed by atoms with Gasteiger partial charge in [-0.3, -0.25) is 10.1 Å². The lowest BCUT2D eigenvalue weighted by Gasteiger charge is -2.03. The highest BCUT2D eigenvalue weighted by Gasteiger charge is 2.11. The molecule has 1 N–H and O–H groups in total. The summed E-state index contributed by atoms with van der Waals surface area (Å²) in [5, 5.41) is 22.0. The molecule has 1 rings (SSSR count). The van der Waals surface area contributed by atoms with Crippen molar-refractivity contribution in [2.24, 2.45) is 5.16 Å². The highest BCUT2D eigenvalue weighted by molar-refractivity contribution is 6.01. The van der Waals surface area contributed by atoms with Gasteiger partial charge in [0.15, 0.2) is 5.71 Å². The van der Waals surface area contributed by atoms with E-state index in [0.29, 0.717) is 12.2 Å². The summed E-state index contributed by atoms with van der Waals surface area (Å²) in [5.74, 6) is 0. The van der Waals surface area contributed by atoms with Crippen LogP contribution in [0.1, 0.15) is 11.1 Å². The van der Waals surface area contributed by atoms with Gasteiger partial charge in [0.25, 0.3) is 0 Å². The van der Waals surface area contributed by atoms with Crippen molar-refractivity contribution in [1.82, 2.24) is 0 Å². The summed E-state index contributed by atoms with van der Waals surface area (Å²) in [6.45, 7) is -0.0993. The molecule has 0 saturated carbocycles. The average Bonchev–Trinajstić information content (AvgIpc) is 2.26. The van der Waals surface area contributed by atoms with Crippen LogP contribution in [0, 0.1) is 10.1 Å². The van der Waals surface area contributed by atoms with E-state index in [2.05, 4.69) is 5.16 Å². The molecule has 0 heterocycles. The molecule has 16 heavy (non-hydrogen) atoms. The first-order valence-electron chi connectivity index (χ1n) is 4.58. The van der Waals surface area contributed by atoms with E-state index in [9.17, 15) is 10.1 Å². The number of nitrogens with zero attached hydrogens (tertiary/aromatic N) is 2. The first-order chi connectivity index (χ1) is 7.67. The molecule has 0 aliphatic carbocycles. The fourth-order valence-electron chi connectivity index (χ4n) is 1.31. The van der Waals surface area contributed by atoms with E-state index < -0.39 is 11.5 Å². The number of methoxy groups -OCH3 is 1. The molecule has 6 nitrogen and oxygen atoms in total. The molecule has 6 heteroatoms. The van der Waals surface area contributed by atoms with Gasteiger partial charge in [-0.1, -0.05) is 23.4 Å². The van der Waals surface area contributed by atoms with Crippen molar-refractivity contribution in [2.45, 2.75) is 6.61 Å². The summed E-state index contributed by atoms with van der Waals surface area (Å²) in [5.41, 5.74) is 1.42. The molecule has 0 aliphatic rings. The van der Waals surface area contributed by atoms with Crippen LogP contribution in [-0.2, 0) is 11.3 Å². The van der Waals surface area contributed by atoms with Gasteiger partial charge in [-0.05, 0) is 11.6 Å². The zero-order valence-corrected chi connectivity index (χ0v) is 8.79. The minimum absolute atomic E-state index is 0.0305. The lowest BCUT2D eigenvalue weighted by Crippen LogP contribution is -2.15. The molecule has 0 aliphatic heterocycles. The van der Waals surface area contributed by atoms with Crippen LogP contribution in [0.15, 0.2) is 29.4 Å². The third-order valence-electron chi connectivity index (χ3n) is 1.97. The van der Waals surface area contributed by atoms with Gasteiger partial charge >= 0.3 is 0 Å². The Morgan fingerprint density at radius 2 is 2.38 bits per heavy atom. The van der Waals surface area contributed by atoms with Crippen molar-refractivity contribution in [2.75, 3.05) is 13.7 Å². The lowest BCUT2D eigenvalue weighted by atomic mass is 10.1. The largest absolute Gasteiger partial charge is 0.410 e. The monoisotopic (exact) mass is 224 g/mol. The van der Waals surface area contributed by atoms with Gasteiger partial charge in [0.2, 0.25) is 6.54 Å². The average molecular weight is 224 g/mol. The molecule has 0 unspecified atom stereocenters. The van der Waals surface area contributed by atoms with Crippen LogP contribution in [0.4, 0.5) is 0 Å². The number of benzene rings is 1. The SMILES string of the molecule is COCc1cccc(C(C[N+](=O)[O-])=NO)c1. The summed E-state index contributed by atoms with van der Waals surface area (Å²) in [6.07, 6.45) is 0. The third kappa shape index (κ3) is 3.32. The predicted octanol–water partition coefficient (Wildman–Crippen LogP) is 1.29. The Kier molecular flexibility index (Phi) is 4.41. The molecule has 0 atom stereocenters. The van der Waals surface area contributed by atoms with Crippen LogP contribution in [0.3, 0.4) is 0 Å². The molecular formula is C10H12N2O4. The standard InChI is InChI=1S/C10H12N2O4/c1-16-7-8-3-2-4-9(5-8)10(11-13)6-12(14)15/h2-5,13H,6-7H2,1H3. The molecule has 1 aromatic carbocycles. The number of ether oxygens (including phenoxy) is 1. The zero-order valence-electron chi connectivity index (χ0n) is 8.79. The quantitative estimate of drug-likeness (QED) is 0.353. The van der Waals surface area contributed by atoms with Crippen molar-refractivity contribution in [3.63, 3.8) is 0 Å². The predicted molar refractivity (Wildman–Crippen MR) is 57.3 cm³/mol. The summed E-state index contributed by atoms with van der Waals surface area (Å²) in [7, 11) is 1.56. The van der Waals surface area contributed by atoms with Crippen molar-refractivity contribution in [3.8, 4) is 0 Å². The van der Waals surface area contributed by atoms with Crippen LogP contribution in [0.25, 0.3) is 0 Å². The molecule has 0 fully saturated rings. The number of hydrogen-bond acceptors (Lipinski definition) is 5. The topological polar surface area (TPSA) is 85.0 Å². The van der Waals surface area contributed by atoms with Gasteiger partial charge in [-0.15, -0.1) is 0 Å². The van der Waals surface area contributed by atoms with Gasteiger partial charge in [0.1, 0.15) is 0 Å². The molecule has 86 valence electrons. The summed E-state index contributed by atoms with van der Waals surface area (Å²) in [6, 6.07) is 6.91. The highest BCUT2D eigenvalue weighted by atomic mass is 16.6. The van der Waals surface area contributed by atoms with Crippen LogP contribution < -0.4 is 0 Å². The second-order valence-corrected chi connectivity index (χ2v) is 3.17. The van der Waals surface area contributed by atoms with Crippen molar-refractivity contribution >= 4 is 5.71 Å². The molecule has 0 amide bonds. The lowest BCUT2D eigenvalue weighted by molar-refractivity contribution is -0.463. The Hall–Kier alpha value is -1.95. The van der Waals surface area contributed by atoms with Gasteiger partial charge in [0.05, 0.1) is 6.61 Å². The summed E-state index contributed by atoms with van der Waals surface area (Å²) in [4.78, 5) is 9.80. The Morgan fingerprint density at radius 3 is 2.94 bits per heavy atom. The molecule has 0 aromatic heterocycles. The van der Waals surface area contributed by atoms with E-state index in [4.69, 9.17) is 9.94 Å². The molecular weight excluding hydrogens is 212 g/mol.